The molecule has 1 N–H and O–H groups in total. The Morgan fingerprint density at radius 2 is 2.00 bits per heavy atom. The maximum Gasteiger partial charge on any atom is 0.338 e. The summed E-state index contributed by atoms with van der Waals surface area (Å²) in [7, 11) is 0. The molecular formula is C15H18ClFO3. The Bertz CT molecular complexity index is 514. The number of Topliss-reactive ketones (excluding diaryl/α,β-unsaturated/α-hetero) is 1. The molecule has 110 valence electrons. The van der Waals surface area contributed by atoms with E-state index >= 15 is 0 Å². The molecule has 20 heavy (non-hydrogen) atoms. The standard InChI is InChI=1S/C15H18ClFO3/c1-3-4-5-9(2)6-14(18)10-7-11(15(19)20)13(17)8-12(10)16/h7-9H,3-6H2,1-2H3,(H,19,20). The summed E-state index contributed by atoms with van der Waals surface area (Å²) >= 11 is 5.84. The summed E-state index contributed by atoms with van der Waals surface area (Å²) in [5.41, 5.74) is -0.451. The first kappa shape index (κ1) is 16.6. The molecule has 1 aromatic rings. The number of hydrogen-bond donors (Lipinski definition) is 1. The molecule has 3 nitrogen and oxygen atoms in total. The number of aromatic carboxylic acids is 1. The van der Waals surface area contributed by atoms with Crippen LogP contribution in [0.15, 0.2) is 12.1 Å². The van der Waals surface area contributed by atoms with Crippen LogP contribution in [0.25, 0.3) is 0 Å². The third-order valence-corrected chi connectivity index (χ3v) is 3.48. The predicted molar refractivity (Wildman–Crippen MR) is 76.0 cm³/mol. The molecule has 0 heterocycles. The van der Waals surface area contributed by atoms with Crippen LogP contribution in [0, 0.1) is 11.7 Å². The zero-order chi connectivity index (χ0) is 15.3. The molecule has 0 saturated carbocycles. The number of hydrogen-bond acceptors (Lipinski definition) is 2. The van der Waals surface area contributed by atoms with Gasteiger partial charge in [-0.2, -0.15) is 0 Å². The Hall–Kier alpha value is -1.42. The SMILES string of the molecule is CCCCC(C)CC(=O)c1cc(C(=O)O)c(F)cc1Cl. The van der Waals surface area contributed by atoms with Gasteiger partial charge in [0.05, 0.1) is 10.6 Å². The minimum absolute atomic E-state index is 0.0415. The second kappa shape index (κ2) is 7.39. The van der Waals surface area contributed by atoms with E-state index in [0.29, 0.717) is 0 Å². The number of rotatable bonds is 7. The van der Waals surface area contributed by atoms with Crippen molar-refractivity contribution in [3.63, 3.8) is 0 Å². The van der Waals surface area contributed by atoms with Crippen LogP contribution in [0.4, 0.5) is 4.39 Å². The molecule has 0 spiro atoms. The number of benzene rings is 1. The summed E-state index contributed by atoms with van der Waals surface area (Å²) in [6, 6.07) is 1.91. The fourth-order valence-corrected chi connectivity index (χ4v) is 2.26. The monoisotopic (exact) mass is 300 g/mol. The maximum absolute atomic E-state index is 13.4. The second-order valence-corrected chi connectivity index (χ2v) is 5.40. The van der Waals surface area contributed by atoms with Gasteiger partial charge in [0.25, 0.3) is 0 Å². The highest BCUT2D eigenvalue weighted by Crippen LogP contribution is 2.24. The lowest BCUT2D eigenvalue weighted by Crippen LogP contribution is -2.10. The number of carboxylic acids is 1. The Kier molecular flexibility index (Phi) is 6.14. The summed E-state index contributed by atoms with van der Waals surface area (Å²) in [5.74, 6) is -2.40. The van der Waals surface area contributed by atoms with Crippen LogP contribution < -0.4 is 0 Å². The number of unbranched alkanes of at least 4 members (excludes halogenated alkanes) is 1. The molecule has 0 bridgehead atoms. The van der Waals surface area contributed by atoms with Crippen LogP contribution in [-0.4, -0.2) is 16.9 Å². The fourth-order valence-electron chi connectivity index (χ4n) is 2.01. The summed E-state index contributed by atoms with van der Waals surface area (Å²) in [4.78, 5) is 23.0. The van der Waals surface area contributed by atoms with Gasteiger partial charge in [0.15, 0.2) is 5.78 Å². The van der Waals surface area contributed by atoms with Gasteiger partial charge in [0.1, 0.15) is 5.82 Å². The molecule has 5 heteroatoms. The third kappa shape index (κ3) is 4.30. The average Bonchev–Trinajstić information content (AvgIpc) is 2.35. The Morgan fingerprint density at radius 1 is 1.35 bits per heavy atom. The van der Waals surface area contributed by atoms with Gasteiger partial charge in [-0.05, 0) is 18.1 Å². The maximum atomic E-state index is 13.4. The average molecular weight is 301 g/mol. The summed E-state index contributed by atoms with van der Waals surface area (Å²) in [6.45, 7) is 4.04. The van der Waals surface area contributed by atoms with E-state index in [0.717, 1.165) is 31.4 Å². The molecule has 0 aliphatic carbocycles. The normalized spacial score (nSPS) is 12.2. The van der Waals surface area contributed by atoms with Crippen LogP contribution in [0.5, 0.6) is 0 Å². The third-order valence-electron chi connectivity index (χ3n) is 3.17. The minimum atomic E-state index is -1.41. The van der Waals surface area contributed by atoms with Gasteiger partial charge in [-0.15, -0.1) is 0 Å². The Labute approximate surface area is 122 Å². The van der Waals surface area contributed by atoms with E-state index in [1.54, 1.807) is 0 Å². The second-order valence-electron chi connectivity index (χ2n) is 4.99. The van der Waals surface area contributed by atoms with E-state index in [9.17, 15) is 14.0 Å². The van der Waals surface area contributed by atoms with E-state index in [1.807, 2.05) is 6.92 Å². The molecule has 0 aromatic heterocycles. The zero-order valence-corrected chi connectivity index (χ0v) is 12.3. The molecule has 0 radical (unpaired) electrons. The van der Waals surface area contributed by atoms with Crippen LogP contribution in [0.2, 0.25) is 5.02 Å². The van der Waals surface area contributed by atoms with E-state index in [1.165, 1.54) is 0 Å². The van der Waals surface area contributed by atoms with Crippen molar-refractivity contribution in [1.82, 2.24) is 0 Å². The zero-order valence-electron chi connectivity index (χ0n) is 11.6. The molecule has 0 amide bonds. The topological polar surface area (TPSA) is 54.4 Å². The minimum Gasteiger partial charge on any atom is -0.478 e. The summed E-state index contributed by atoms with van der Waals surface area (Å²) in [5, 5.41) is 8.82. The van der Waals surface area contributed by atoms with Gasteiger partial charge in [0, 0.05) is 12.0 Å². The van der Waals surface area contributed by atoms with E-state index in [2.05, 4.69) is 6.92 Å². The highest BCUT2D eigenvalue weighted by atomic mass is 35.5. The van der Waals surface area contributed by atoms with E-state index < -0.39 is 17.3 Å². The number of carboxylic acid groups (broad SMARTS) is 1. The van der Waals surface area contributed by atoms with Gasteiger partial charge in [-0.3, -0.25) is 4.79 Å². The first-order chi connectivity index (χ1) is 9.36. The molecule has 0 saturated heterocycles. The number of carbonyl (C=O) groups excluding carboxylic acids is 1. The lowest BCUT2D eigenvalue weighted by molar-refractivity contribution is 0.0692. The molecule has 1 rings (SSSR count). The number of ketones is 1. The molecule has 1 unspecified atom stereocenters. The smallest absolute Gasteiger partial charge is 0.338 e. The molecule has 1 aromatic carbocycles. The van der Waals surface area contributed by atoms with Crippen molar-refractivity contribution >= 4 is 23.4 Å². The van der Waals surface area contributed by atoms with Gasteiger partial charge in [-0.25, -0.2) is 9.18 Å². The van der Waals surface area contributed by atoms with Crippen molar-refractivity contribution in [2.24, 2.45) is 5.92 Å². The van der Waals surface area contributed by atoms with Crippen LogP contribution in [0.3, 0.4) is 0 Å². The van der Waals surface area contributed by atoms with Gasteiger partial charge < -0.3 is 5.11 Å². The van der Waals surface area contributed by atoms with E-state index in [4.69, 9.17) is 16.7 Å². The van der Waals surface area contributed by atoms with Crippen molar-refractivity contribution in [3.8, 4) is 0 Å². The van der Waals surface area contributed by atoms with Gasteiger partial charge in [-0.1, -0.05) is 44.7 Å². The van der Waals surface area contributed by atoms with Crippen LogP contribution in [0.1, 0.15) is 60.2 Å². The van der Waals surface area contributed by atoms with Crippen molar-refractivity contribution in [3.05, 3.63) is 34.1 Å². The Morgan fingerprint density at radius 3 is 2.55 bits per heavy atom. The van der Waals surface area contributed by atoms with Crippen molar-refractivity contribution in [1.29, 1.82) is 0 Å². The first-order valence-corrected chi connectivity index (χ1v) is 7.00. The van der Waals surface area contributed by atoms with Crippen molar-refractivity contribution < 1.29 is 19.1 Å². The lowest BCUT2D eigenvalue weighted by Gasteiger charge is -2.11. The summed E-state index contributed by atoms with van der Waals surface area (Å²) < 4.78 is 13.4. The molecule has 0 fully saturated rings. The van der Waals surface area contributed by atoms with Crippen LogP contribution in [-0.2, 0) is 0 Å². The fraction of sp³-hybridized carbons (Fsp3) is 0.467. The predicted octanol–water partition coefficient (Wildman–Crippen LogP) is 4.58. The number of carbonyl (C=O) groups is 2. The van der Waals surface area contributed by atoms with E-state index in [-0.39, 0.29) is 28.7 Å². The first-order valence-electron chi connectivity index (χ1n) is 6.62. The van der Waals surface area contributed by atoms with Gasteiger partial charge in [0.2, 0.25) is 0 Å². The molecule has 0 aliphatic rings. The van der Waals surface area contributed by atoms with Crippen LogP contribution >= 0.6 is 11.6 Å². The lowest BCUT2D eigenvalue weighted by atomic mass is 9.94. The highest BCUT2D eigenvalue weighted by molar-refractivity contribution is 6.34. The Balaban J connectivity index is 2.92. The quantitative estimate of drug-likeness (QED) is 0.750. The summed E-state index contributed by atoms with van der Waals surface area (Å²) in [6.07, 6.45) is 3.29. The molecular weight excluding hydrogens is 283 g/mol. The number of halogens is 2. The largest absolute Gasteiger partial charge is 0.478 e. The highest BCUT2D eigenvalue weighted by Gasteiger charge is 2.19. The van der Waals surface area contributed by atoms with Crippen molar-refractivity contribution in [2.45, 2.75) is 39.5 Å². The van der Waals surface area contributed by atoms with Crippen molar-refractivity contribution in [2.75, 3.05) is 0 Å². The van der Waals surface area contributed by atoms with Gasteiger partial charge >= 0.3 is 5.97 Å². The molecule has 1 atom stereocenters. The molecule has 0 aliphatic heterocycles.